The summed E-state index contributed by atoms with van der Waals surface area (Å²) in [5.41, 5.74) is -0.202. The van der Waals surface area contributed by atoms with Crippen LogP contribution in [-0.4, -0.2) is 30.6 Å². The van der Waals surface area contributed by atoms with Gasteiger partial charge in [-0.25, -0.2) is 13.6 Å². The number of carbonyl (C=O) groups is 1. The van der Waals surface area contributed by atoms with Gasteiger partial charge in [0.25, 0.3) is 0 Å². The maximum Gasteiger partial charge on any atom is 0.432 e. The van der Waals surface area contributed by atoms with Crippen LogP contribution in [0.2, 0.25) is 0 Å². The molecule has 0 aliphatic carbocycles. The highest BCUT2D eigenvalue weighted by Crippen LogP contribution is 2.35. The number of alkyl halides is 2. The number of esters is 1. The summed E-state index contributed by atoms with van der Waals surface area (Å²) in [7, 11) is 0. The van der Waals surface area contributed by atoms with E-state index in [1.54, 1.807) is 19.1 Å². The van der Waals surface area contributed by atoms with E-state index in [2.05, 4.69) is 6.58 Å². The fraction of sp³-hybridized carbons (Fsp3) is 0.500. The molecule has 0 aliphatic heterocycles. The Morgan fingerprint density at radius 3 is 2.00 bits per heavy atom. The van der Waals surface area contributed by atoms with E-state index in [1.165, 1.54) is 12.1 Å². The molecule has 2 aromatic rings. The number of halogens is 4. The van der Waals surface area contributed by atoms with Gasteiger partial charge in [0.05, 0.1) is 6.61 Å². The van der Waals surface area contributed by atoms with Crippen LogP contribution in [0.1, 0.15) is 75.0 Å². The third-order valence-corrected chi connectivity index (χ3v) is 6.05. The van der Waals surface area contributed by atoms with E-state index in [1.807, 2.05) is 0 Å². The lowest BCUT2D eigenvalue weighted by molar-refractivity contribution is -0.189. The smallest absolute Gasteiger partial charge is 0.432 e. The molecule has 5 nitrogen and oxygen atoms in total. The number of aliphatic hydroxyl groups is 1. The Hall–Kier alpha value is -2.91. The fourth-order valence-corrected chi connectivity index (χ4v) is 4.03. The molecular weight excluding hydrogens is 516 g/mol. The summed E-state index contributed by atoms with van der Waals surface area (Å²) in [6.07, 6.45) is 3.59. The number of ether oxygens (including phenoxy) is 3. The summed E-state index contributed by atoms with van der Waals surface area (Å²) in [6.45, 7) is 5.63. The van der Waals surface area contributed by atoms with Gasteiger partial charge in [0.15, 0.2) is 6.29 Å². The topological polar surface area (TPSA) is 65.0 Å². The van der Waals surface area contributed by atoms with Crippen LogP contribution in [0.4, 0.5) is 17.6 Å². The van der Waals surface area contributed by atoms with Crippen molar-refractivity contribution in [3.05, 3.63) is 77.4 Å². The van der Waals surface area contributed by atoms with Crippen molar-refractivity contribution in [3.8, 4) is 5.75 Å². The summed E-state index contributed by atoms with van der Waals surface area (Å²) in [5.74, 6) is -3.40. The number of carbonyl (C=O) groups excluding carboxylic acids is 1. The van der Waals surface area contributed by atoms with Crippen LogP contribution < -0.4 is 4.74 Å². The second-order valence-electron chi connectivity index (χ2n) is 9.37. The first kappa shape index (κ1) is 32.3. The first-order chi connectivity index (χ1) is 18.6. The Morgan fingerprint density at radius 1 is 0.897 bits per heavy atom. The molecule has 216 valence electrons. The number of aliphatic hydroxyl groups excluding tert-OH is 1. The molecular formula is C30H38F4O5. The maximum absolute atomic E-state index is 14.7. The average molecular weight is 555 g/mol. The molecule has 2 aromatic carbocycles. The molecule has 0 spiro atoms. The zero-order valence-electron chi connectivity index (χ0n) is 22.4. The number of aryl methyl sites for hydroxylation is 2. The van der Waals surface area contributed by atoms with Crippen LogP contribution in [0.5, 0.6) is 5.75 Å². The minimum absolute atomic E-state index is 0.194. The normalized spacial score (nSPS) is 12.3. The molecule has 39 heavy (non-hydrogen) atoms. The predicted octanol–water partition coefficient (Wildman–Crippen LogP) is 7.38. The van der Waals surface area contributed by atoms with Gasteiger partial charge in [-0.2, -0.15) is 8.78 Å². The van der Waals surface area contributed by atoms with Gasteiger partial charge in [-0.1, -0.05) is 44.4 Å². The van der Waals surface area contributed by atoms with Crippen LogP contribution in [0, 0.1) is 11.6 Å². The van der Waals surface area contributed by atoms with E-state index in [0.29, 0.717) is 25.9 Å². The van der Waals surface area contributed by atoms with Gasteiger partial charge >= 0.3 is 12.1 Å². The lowest BCUT2D eigenvalue weighted by Crippen LogP contribution is -2.25. The number of rotatable bonds is 19. The molecule has 0 fully saturated rings. The predicted molar refractivity (Wildman–Crippen MR) is 140 cm³/mol. The molecule has 0 bridgehead atoms. The van der Waals surface area contributed by atoms with Gasteiger partial charge in [-0.3, -0.25) is 0 Å². The zero-order valence-corrected chi connectivity index (χ0v) is 22.4. The maximum atomic E-state index is 14.7. The first-order valence-electron chi connectivity index (χ1n) is 13.4. The minimum Gasteiger partial charge on any atom is -0.463 e. The van der Waals surface area contributed by atoms with E-state index in [4.69, 9.17) is 19.3 Å². The molecule has 1 N–H and O–H groups in total. The minimum atomic E-state index is -4.19. The quantitative estimate of drug-likeness (QED) is 0.0645. The Kier molecular flexibility index (Phi) is 14.0. The summed E-state index contributed by atoms with van der Waals surface area (Å²) in [6, 6.07) is 7.87. The van der Waals surface area contributed by atoms with Gasteiger partial charge in [-0.15, -0.1) is 0 Å². The molecule has 0 saturated heterocycles. The van der Waals surface area contributed by atoms with Crippen LogP contribution in [0.25, 0.3) is 0 Å². The second kappa shape index (κ2) is 16.9. The summed E-state index contributed by atoms with van der Waals surface area (Å²) < 4.78 is 73.3. The lowest BCUT2D eigenvalue weighted by Gasteiger charge is -2.20. The van der Waals surface area contributed by atoms with Crippen molar-refractivity contribution in [2.24, 2.45) is 0 Å². The Labute approximate surface area is 227 Å². The third-order valence-electron chi connectivity index (χ3n) is 6.05. The molecule has 0 aliphatic rings. The highest BCUT2D eigenvalue weighted by atomic mass is 19.3. The average Bonchev–Trinajstić information content (AvgIpc) is 2.87. The van der Waals surface area contributed by atoms with Crippen molar-refractivity contribution >= 4 is 5.97 Å². The first-order valence-corrected chi connectivity index (χ1v) is 13.4. The van der Waals surface area contributed by atoms with Crippen molar-refractivity contribution in [3.63, 3.8) is 0 Å². The van der Waals surface area contributed by atoms with Crippen molar-refractivity contribution in [1.82, 2.24) is 0 Å². The van der Waals surface area contributed by atoms with Gasteiger partial charge in [0, 0.05) is 12.7 Å². The van der Waals surface area contributed by atoms with Gasteiger partial charge in [0.2, 0.25) is 0 Å². The van der Waals surface area contributed by atoms with Crippen LogP contribution in [0.15, 0.2) is 49.1 Å². The SMILES string of the molecule is C=CC(=O)OCCCCCCc1cc(F)c(C(F)(F)Oc2ccc(CCCCCCOC(C)O)cc2)c(F)c1. The molecule has 0 radical (unpaired) electrons. The van der Waals surface area contributed by atoms with Gasteiger partial charge in [0.1, 0.15) is 22.9 Å². The lowest BCUT2D eigenvalue weighted by atomic mass is 10.0. The Bertz CT molecular complexity index is 1000. The number of unbranched alkanes of at least 4 members (excludes halogenated alkanes) is 6. The van der Waals surface area contributed by atoms with Gasteiger partial charge < -0.3 is 19.3 Å². The standard InChI is InChI=1S/C30H38F4O5/c1-3-28(36)38-19-11-7-5-9-13-24-20-26(31)29(27(32)21-24)30(33,34)39-25-16-14-23(15-17-25)12-8-4-6-10-18-37-22(2)35/h3,14-17,20-22,35H,1,4-13,18-19H2,2H3. The monoisotopic (exact) mass is 554 g/mol. The molecule has 1 atom stereocenters. The second-order valence-corrected chi connectivity index (χ2v) is 9.37. The molecule has 0 amide bonds. The van der Waals surface area contributed by atoms with E-state index >= 15 is 0 Å². The number of hydrogen-bond donors (Lipinski definition) is 1. The van der Waals surface area contributed by atoms with Crippen molar-refractivity contribution in [2.45, 2.75) is 83.5 Å². The molecule has 1 unspecified atom stereocenters. The number of hydrogen-bond acceptors (Lipinski definition) is 5. The molecule has 2 rings (SSSR count). The molecule has 0 aromatic heterocycles. The van der Waals surface area contributed by atoms with Crippen molar-refractivity contribution in [1.29, 1.82) is 0 Å². The third kappa shape index (κ3) is 12.2. The van der Waals surface area contributed by atoms with Crippen molar-refractivity contribution < 1.29 is 41.7 Å². The van der Waals surface area contributed by atoms with E-state index in [-0.39, 0.29) is 17.9 Å². The van der Waals surface area contributed by atoms with E-state index in [9.17, 15) is 22.4 Å². The Balaban J connectivity index is 1.81. The van der Waals surface area contributed by atoms with Crippen LogP contribution in [-0.2, 0) is 33.2 Å². The summed E-state index contributed by atoms with van der Waals surface area (Å²) in [5, 5.41) is 9.04. The molecule has 0 saturated carbocycles. The zero-order chi connectivity index (χ0) is 28.7. The highest BCUT2D eigenvalue weighted by molar-refractivity contribution is 5.81. The number of benzene rings is 2. The van der Waals surface area contributed by atoms with E-state index in [0.717, 1.165) is 68.7 Å². The largest absolute Gasteiger partial charge is 0.463 e. The van der Waals surface area contributed by atoms with Crippen LogP contribution >= 0.6 is 0 Å². The summed E-state index contributed by atoms with van der Waals surface area (Å²) in [4.78, 5) is 11.0. The molecule has 0 heterocycles. The molecule has 9 heteroatoms. The van der Waals surface area contributed by atoms with Crippen molar-refractivity contribution in [2.75, 3.05) is 13.2 Å². The van der Waals surface area contributed by atoms with E-state index < -0.39 is 35.6 Å². The summed E-state index contributed by atoms with van der Waals surface area (Å²) >= 11 is 0. The highest BCUT2D eigenvalue weighted by Gasteiger charge is 2.41. The van der Waals surface area contributed by atoms with Gasteiger partial charge in [-0.05, 0) is 80.8 Å². The fourth-order valence-electron chi connectivity index (χ4n) is 4.03. The Morgan fingerprint density at radius 2 is 1.44 bits per heavy atom. The van der Waals surface area contributed by atoms with Crippen LogP contribution in [0.3, 0.4) is 0 Å².